The Bertz CT molecular complexity index is 1020. The van der Waals surface area contributed by atoms with E-state index in [1.54, 1.807) is 0 Å². The molecule has 5 rings (SSSR count). The highest BCUT2D eigenvalue weighted by Crippen LogP contribution is 2.33. The van der Waals surface area contributed by atoms with Crippen LogP contribution in [-0.4, -0.2) is 19.2 Å². The van der Waals surface area contributed by atoms with Crippen LogP contribution in [0.3, 0.4) is 0 Å². The topological polar surface area (TPSA) is 34.4 Å². The maximum Gasteiger partial charge on any atom is 0.156 e. The molecule has 1 saturated heterocycles. The van der Waals surface area contributed by atoms with Crippen molar-refractivity contribution in [2.24, 2.45) is 0 Å². The summed E-state index contributed by atoms with van der Waals surface area (Å²) in [6.45, 7) is 1.65. The summed E-state index contributed by atoms with van der Waals surface area (Å²) in [5, 5.41) is 5.71. The van der Waals surface area contributed by atoms with E-state index in [-0.39, 0.29) is 0 Å². The summed E-state index contributed by atoms with van der Waals surface area (Å²) in [5.41, 5.74) is 7.42. The average Bonchev–Trinajstić information content (AvgIpc) is 3.32. The van der Waals surface area contributed by atoms with E-state index in [1.165, 1.54) is 6.42 Å². The molecule has 2 aliphatic rings. The van der Waals surface area contributed by atoms with E-state index < -0.39 is 0 Å². The lowest BCUT2D eigenvalue weighted by molar-refractivity contribution is 0.236. The Morgan fingerprint density at radius 3 is 2.75 bits per heavy atom. The molecule has 1 N–H and O–H groups in total. The summed E-state index contributed by atoms with van der Waals surface area (Å²) in [6.07, 6.45) is 2.33. The van der Waals surface area contributed by atoms with Crippen LogP contribution in [0, 0.1) is 0 Å². The van der Waals surface area contributed by atoms with Gasteiger partial charge < -0.3 is 14.5 Å². The number of hydrogen-bond acceptors (Lipinski definition) is 4. The third-order valence-corrected chi connectivity index (χ3v) is 5.11. The minimum Gasteiger partial charge on any atom is -0.483 e. The molecule has 2 aliphatic heterocycles. The molecule has 24 heavy (non-hydrogen) atoms. The number of ether oxygens (including phenoxy) is 1. The highest BCUT2D eigenvalue weighted by Gasteiger charge is 2.23. The zero-order valence-electron chi connectivity index (χ0n) is 13.1. The molecule has 1 aromatic heterocycles. The fraction of sp³-hybridized carbons (Fsp3) is 0.250. The van der Waals surface area contributed by atoms with Gasteiger partial charge in [-0.05, 0) is 55.3 Å². The first-order chi connectivity index (χ1) is 11.8. The number of nitrogens with one attached hydrogen (secondary N) is 1. The second kappa shape index (κ2) is 5.45. The highest BCUT2D eigenvalue weighted by molar-refractivity contribution is 7.80. The van der Waals surface area contributed by atoms with Crippen molar-refractivity contribution in [3.63, 3.8) is 0 Å². The number of thiol groups is 1. The van der Waals surface area contributed by atoms with Crippen molar-refractivity contribution >= 4 is 40.1 Å². The molecule has 3 aromatic rings. The molecule has 1 atom stereocenters. The Hall–Kier alpha value is -2.13. The van der Waals surface area contributed by atoms with E-state index in [0.717, 1.165) is 56.7 Å². The van der Waals surface area contributed by atoms with Crippen LogP contribution < -0.4 is 5.32 Å². The van der Waals surface area contributed by atoms with Gasteiger partial charge in [-0.1, -0.05) is 11.8 Å². The maximum atomic E-state index is 6.01. The second-order valence-corrected chi connectivity index (χ2v) is 6.92. The zero-order valence-corrected chi connectivity index (χ0v) is 14.0. The Balaban J connectivity index is 1.60. The summed E-state index contributed by atoms with van der Waals surface area (Å²) < 4.78 is 11.9. The van der Waals surface area contributed by atoms with Crippen molar-refractivity contribution in [3.8, 4) is 0 Å². The Labute approximate surface area is 145 Å². The summed E-state index contributed by atoms with van der Waals surface area (Å²) in [7, 11) is 0. The molecular formula is C20H17NO2S. The highest BCUT2D eigenvalue weighted by atomic mass is 32.1. The number of fused-ring (bicyclic) bond motifs is 3. The monoisotopic (exact) mass is 335 g/mol. The molecule has 4 heteroatoms. The van der Waals surface area contributed by atoms with Gasteiger partial charge in [-0.25, -0.2) is 0 Å². The van der Waals surface area contributed by atoms with Crippen LogP contribution in [0.2, 0.25) is 0 Å². The minimum atomic E-state index is 0.325. The van der Waals surface area contributed by atoms with Gasteiger partial charge in [0.05, 0.1) is 6.04 Å². The number of hydrogen-bond donors (Lipinski definition) is 2. The fourth-order valence-corrected chi connectivity index (χ4v) is 3.77. The first-order valence-corrected chi connectivity index (χ1v) is 8.74. The Morgan fingerprint density at radius 1 is 1.08 bits per heavy atom. The van der Waals surface area contributed by atoms with Crippen LogP contribution in [-0.2, 0) is 4.74 Å². The molecule has 0 aliphatic carbocycles. The molecule has 0 radical (unpaired) electrons. The van der Waals surface area contributed by atoms with E-state index in [0.29, 0.717) is 12.6 Å². The average molecular weight is 335 g/mol. The van der Waals surface area contributed by atoms with Gasteiger partial charge in [0.1, 0.15) is 17.8 Å². The van der Waals surface area contributed by atoms with Gasteiger partial charge >= 0.3 is 0 Å². The van der Waals surface area contributed by atoms with Gasteiger partial charge in [-0.3, -0.25) is 0 Å². The van der Waals surface area contributed by atoms with Crippen molar-refractivity contribution < 1.29 is 9.15 Å². The summed E-state index contributed by atoms with van der Waals surface area (Å²) in [5.74, 6) is 0.951. The Morgan fingerprint density at radius 2 is 1.92 bits per heavy atom. The Kier molecular flexibility index (Phi) is 3.23. The van der Waals surface area contributed by atoms with Gasteiger partial charge in [-0.15, -0.1) is 12.6 Å². The molecule has 0 amide bonds. The largest absolute Gasteiger partial charge is 0.483 e. The lowest BCUT2D eigenvalue weighted by atomic mass is 10.0. The molecule has 0 spiro atoms. The first kappa shape index (κ1) is 14.2. The number of rotatable bonds is 2. The number of furan rings is 1. The van der Waals surface area contributed by atoms with Gasteiger partial charge in [0.15, 0.2) is 5.76 Å². The number of benzene rings is 2. The first-order valence-electron chi connectivity index (χ1n) is 8.29. The fourth-order valence-electron chi connectivity index (χ4n) is 3.58. The third-order valence-electron chi connectivity index (χ3n) is 4.83. The molecule has 120 valence electrons. The SMILES string of the molecule is Sc1ccc2c(c1)oc1cc(C3=C=C(C4CCCN4)OC3)ccc12. The van der Waals surface area contributed by atoms with Crippen molar-refractivity contribution in [3.05, 3.63) is 53.5 Å². The molecule has 3 nitrogen and oxygen atoms in total. The zero-order chi connectivity index (χ0) is 16.1. The van der Waals surface area contributed by atoms with Crippen LogP contribution in [0.4, 0.5) is 0 Å². The standard InChI is InChI=1S/C20H17NO2S/c24-14-4-6-16-15-5-3-12(8-18(15)23-19(16)10-14)13-9-20(22-11-13)17-2-1-7-21-17/h3-6,8,10,17,21,24H,1-2,7,11H2. The van der Waals surface area contributed by atoms with E-state index >= 15 is 0 Å². The predicted octanol–water partition coefficient (Wildman–Crippen LogP) is 4.52. The van der Waals surface area contributed by atoms with Crippen molar-refractivity contribution in [1.82, 2.24) is 5.32 Å². The molecule has 2 aromatic carbocycles. The predicted molar refractivity (Wildman–Crippen MR) is 98.4 cm³/mol. The van der Waals surface area contributed by atoms with Gasteiger partial charge in [0.2, 0.25) is 0 Å². The van der Waals surface area contributed by atoms with Crippen molar-refractivity contribution in [2.75, 3.05) is 13.2 Å². The second-order valence-electron chi connectivity index (χ2n) is 6.40. The van der Waals surface area contributed by atoms with E-state index in [4.69, 9.17) is 9.15 Å². The smallest absolute Gasteiger partial charge is 0.156 e. The minimum absolute atomic E-state index is 0.325. The lowest BCUT2D eigenvalue weighted by Gasteiger charge is -2.10. The summed E-state index contributed by atoms with van der Waals surface area (Å²) >= 11 is 4.39. The molecule has 0 saturated carbocycles. The van der Waals surface area contributed by atoms with Crippen LogP contribution in [0.25, 0.3) is 27.5 Å². The molecular weight excluding hydrogens is 318 g/mol. The van der Waals surface area contributed by atoms with Crippen LogP contribution in [0.5, 0.6) is 0 Å². The molecule has 3 heterocycles. The molecule has 1 fully saturated rings. The molecule has 1 unspecified atom stereocenters. The maximum absolute atomic E-state index is 6.01. The van der Waals surface area contributed by atoms with Crippen LogP contribution in [0.15, 0.2) is 57.2 Å². The normalized spacial score (nSPS) is 20.5. The van der Waals surface area contributed by atoms with Gasteiger partial charge in [0.25, 0.3) is 0 Å². The van der Waals surface area contributed by atoms with E-state index in [1.807, 2.05) is 12.1 Å². The van der Waals surface area contributed by atoms with Crippen molar-refractivity contribution in [1.29, 1.82) is 0 Å². The van der Waals surface area contributed by atoms with Crippen molar-refractivity contribution in [2.45, 2.75) is 23.8 Å². The van der Waals surface area contributed by atoms with E-state index in [2.05, 4.69) is 47.9 Å². The van der Waals surface area contributed by atoms with Gasteiger partial charge in [-0.2, -0.15) is 0 Å². The quantitative estimate of drug-likeness (QED) is 0.534. The van der Waals surface area contributed by atoms with Gasteiger partial charge in [0, 0.05) is 21.2 Å². The summed E-state index contributed by atoms with van der Waals surface area (Å²) in [6, 6.07) is 12.7. The molecule has 0 bridgehead atoms. The van der Waals surface area contributed by atoms with E-state index in [9.17, 15) is 0 Å². The third kappa shape index (κ3) is 2.27. The summed E-state index contributed by atoms with van der Waals surface area (Å²) in [4.78, 5) is 0.908. The van der Waals surface area contributed by atoms with Crippen LogP contribution >= 0.6 is 12.6 Å². The van der Waals surface area contributed by atoms with Crippen LogP contribution in [0.1, 0.15) is 18.4 Å². The lowest BCUT2D eigenvalue weighted by Crippen LogP contribution is -2.23.